The predicted molar refractivity (Wildman–Crippen MR) is 61.9 cm³/mol. The van der Waals surface area contributed by atoms with Crippen molar-refractivity contribution in [3.8, 4) is 0 Å². The number of hydrogen-bond acceptors (Lipinski definition) is 3. The maximum absolute atomic E-state index is 11.5. The topological polar surface area (TPSA) is 64.2 Å². The first-order valence-electron chi connectivity index (χ1n) is 5.17. The molecule has 1 amide bonds. The van der Waals surface area contributed by atoms with Crippen LogP contribution in [0, 0.1) is 0 Å². The molecule has 0 fully saturated rings. The molecule has 0 saturated heterocycles. The van der Waals surface area contributed by atoms with Crippen molar-refractivity contribution >= 4 is 5.91 Å². The van der Waals surface area contributed by atoms with E-state index in [9.17, 15) is 9.59 Å². The largest absolute Gasteiger partial charge is 0.454 e. The molecule has 0 saturated carbocycles. The summed E-state index contributed by atoms with van der Waals surface area (Å²) < 4.78 is 6.83. The van der Waals surface area contributed by atoms with Gasteiger partial charge in [-0.05, 0) is 18.2 Å². The van der Waals surface area contributed by atoms with E-state index in [0.29, 0.717) is 12.3 Å². The summed E-state index contributed by atoms with van der Waals surface area (Å²) in [5.74, 6) is 0.528. The number of furan rings is 1. The molecule has 2 heterocycles. The first-order valence-corrected chi connectivity index (χ1v) is 5.17. The Kier molecular flexibility index (Phi) is 3.09. The molecule has 0 atom stereocenters. The van der Waals surface area contributed by atoms with Gasteiger partial charge in [0.1, 0.15) is 5.76 Å². The molecule has 17 heavy (non-hydrogen) atoms. The van der Waals surface area contributed by atoms with Crippen LogP contribution < -0.4 is 10.9 Å². The molecular weight excluding hydrogens is 220 g/mol. The molecule has 1 N–H and O–H groups in total. The first-order chi connectivity index (χ1) is 8.20. The predicted octanol–water partition coefficient (Wildman–Crippen LogP) is 0.849. The highest BCUT2D eigenvalue weighted by atomic mass is 16.4. The van der Waals surface area contributed by atoms with Crippen molar-refractivity contribution in [1.29, 1.82) is 0 Å². The van der Waals surface area contributed by atoms with Crippen molar-refractivity contribution in [1.82, 2.24) is 9.88 Å². The second-order valence-electron chi connectivity index (χ2n) is 3.51. The number of amides is 1. The van der Waals surface area contributed by atoms with E-state index in [2.05, 4.69) is 5.32 Å². The average molecular weight is 232 g/mol. The molecule has 2 rings (SSSR count). The molecule has 0 aromatic carbocycles. The molecule has 0 aliphatic carbocycles. The number of carbonyl (C=O) groups excluding carboxylic acids is 1. The van der Waals surface area contributed by atoms with Crippen LogP contribution in [0.2, 0.25) is 0 Å². The number of carbonyl (C=O) groups is 1. The van der Waals surface area contributed by atoms with Crippen molar-refractivity contribution in [3.63, 3.8) is 0 Å². The third kappa shape index (κ3) is 2.44. The summed E-state index contributed by atoms with van der Waals surface area (Å²) in [4.78, 5) is 22.7. The van der Waals surface area contributed by atoms with Gasteiger partial charge in [-0.25, -0.2) is 0 Å². The number of aromatic nitrogens is 1. The molecule has 2 aromatic heterocycles. The Morgan fingerprint density at radius 1 is 1.35 bits per heavy atom. The summed E-state index contributed by atoms with van der Waals surface area (Å²) in [5, 5.41) is 2.47. The lowest BCUT2D eigenvalue weighted by atomic mass is 10.4. The van der Waals surface area contributed by atoms with Gasteiger partial charge >= 0.3 is 0 Å². The molecule has 5 heteroatoms. The molecule has 0 bridgehead atoms. The van der Waals surface area contributed by atoms with Crippen molar-refractivity contribution in [2.24, 2.45) is 0 Å². The second kappa shape index (κ2) is 4.69. The molecule has 0 unspecified atom stereocenters. The van der Waals surface area contributed by atoms with Gasteiger partial charge in [0.25, 0.3) is 11.5 Å². The van der Waals surface area contributed by atoms with Gasteiger partial charge in [0.15, 0.2) is 5.76 Å². The normalized spacial score (nSPS) is 10.2. The minimum absolute atomic E-state index is 0.106. The third-order valence-electron chi connectivity index (χ3n) is 2.34. The lowest BCUT2D eigenvalue weighted by molar-refractivity contribution is 0.0933. The van der Waals surface area contributed by atoms with Gasteiger partial charge in [0.05, 0.1) is 6.54 Å². The Bertz CT molecular complexity index is 583. The Morgan fingerprint density at radius 2 is 2.18 bits per heavy atom. The molecule has 5 nitrogen and oxygen atoms in total. The van der Waals surface area contributed by atoms with E-state index in [1.54, 1.807) is 30.5 Å². The van der Waals surface area contributed by atoms with Crippen molar-refractivity contribution in [2.45, 2.75) is 6.54 Å². The molecular formula is C12H12N2O3. The zero-order chi connectivity index (χ0) is 12.3. The van der Waals surface area contributed by atoms with E-state index in [1.807, 2.05) is 0 Å². The maximum Gasteiger partial charge on any atom is 0.286 e. The fourth-order valence-corrected chi connectivity index (χ4v) is 1.47. The Hall–Kier alpha value is -2.30. The lowest BCUT2D eigenvalue weighted by Crippen LogP contribution is -2.18. The van der Waals surface area contributed by atoms with Gasteiger partial charge in [-0.15, -0.1) is 0 Å². The van der Waals surface area contributed by atoms with Crippen LogP contribution in [0.5, 0.6) is 0 Å². The quantitative estimate of drug-likeness (QED) is 0.853. The van der Waals surface area contributed by atoms with Crippen LogP contribution in [-0.2, 0) is 6.54 Å². The summed E-state index contributed by atoms with van der Waals surface area (Å²) in [6.07, 6.45) is 1.67. The fourth-order valence-electron chi connectivity index (χ4n) is 1.47. The van der Waals surface area contributed by atoms with Gasteiger partial charge in [0.2, 0.25) is 0 Å². The van der Waals surface area contributed by atoms with Crippen molar-refractivity contribution in [3.05, 3.63) is 58.4 Å². The maximum atomic E-state index is 11.5. The zero-order valence-corrected chi connectivity index (χ0v) is 9.34. The van der Waals surface area contributed by atoms with Crippen LogP contribution in [0.25, 0.3) is 0 Å². The summed E-state index contributed by atoms with van der Waals surface area (Å²) >= 11 is 0. The lowest BCUT2D eigenvalue weighted by Gasteiger charge is -2.01. The van der Waals surface area contributed by atoms with Crippen molar-refractivity contribution in [2.75, 3.05) is 7.05 Å². The minimum atomic E-state index is -0.281. The van der Waals surface area contributed by atoms with Gasteiger partial charge in [-0.3, -0.25) is 9.59 Å². The molecule has 0 radical (unpaired) electrons. The SMILES string of the molecule is CNC(=O)c1ccc(Cn2ccccc2=O)o1. The Balaban J connectivity index is 2.20. The number of hydrogen-bond donors (Lipinski definition) is 1. The Labute approximate surface area is 97.7 Å². The number of nitrogens with one attached hydrogen (secondary N) is 1. The molecule has 88 valence electrons. The number of pyridine rings is 1. The number of rotatable bonds is 3. The van der Waals surface area contributed by atoms with Crippen LogP contribution in [0.15, 0.2) is 45.7 Å². The fraction of sp³-hybridized carbons (Fsp3) is 0.167. The molecule has 0 aliphatic rings. The first kappa shape index (κ1) is 11.2. The molecule has 0 aliphatic heterocycles. The van der Waals surface area contributed by atoms with Gasteiger partial charge in [-0.1, -0.05) is 6.07 Å². The minimum Gasteiger partial charge on any atom is -0.454 e. The van der Waals surface area contributed by atoms with E-state index >= 15 is 0 Å². The summed E-state index contributed by atoms with van der Waals surface area (Å²) in [5.41, 5.74) is -0.106. The monoisotopic (exact) mass is 232 g/mol. The van der Waals surface area contributed by atoms with Crippen LogP contribution in [0.1, 0.15) is 16.3 Å². The summed E-state index contributed by atoms with van der Waals surface area (Å²) in [6, 6.07) is 8.19. The Morgan fingerprint density at radius 3 is 2.88 bits per heavy atom. The van der Waals surface area contributed by atoms with E-state index in [0.717, 1.165) is 0 Å². The third-order valence-corrected chi connectivity index (χ3v) is 2.34. The van der Waals surface area contributed by atoms with Crippen molar-refractivity contribution < 1.29 is 9.21 Å². The van der Waals surface area contributed by atoms with E-state index in [-0.39, 0.29) is 17.2 Å². The number of nitrogens with zero attached hydrogens (tertiary/aromatic N) is 1. The highest BCUT2D eigenvalue weighted by Crippen LogP contribution is 2.08. The van der Waals surface area contributed by atoms with Gasteiger partial charge in [-0.2, -0.15) is 0 Å². The van der Waals surface area contributed by atoms with Gasteiger partial charge in [0, 0.05) is 19.3 Å². The molecule has 2 aromatic rings. The molecule has 0 spiro atoms. The highest BCUT2D eigenvalue weighted by Gasteiger charge is 2.09. The summed E-state index contributed by atoms with van der Waals surface area (Å²) in [6.45, 7) is 0.316. The van der Waals surface area contributed by atoms with E-state index < -0.39 is 0 Å². The van der Waals surface area contributed by atoms with E-state index in [4.69, 9.17) is 4.42 Å². The highest BCUT2D eigenvalue weighted by molar-refractivity contribution is 5.91. The average Bonchev–Trinajstić information content (AvgIpc) is 2.80. The van der Waals surface area contributed by atoms with Crippen LogP contribution in [0.3, 0.4) is 0 Å². The zero-order valence-electron chi connectivity index (χ0n) is 9.34. The second-order valence-corrected chi connectivity index (χ2v) is 3.51. The van der Waals surface area contributed by atoms with Gasteiger partial charge < -0.3 is 14.3 Å². The smallest absolute Gasteiger partial charge is 0.286 e. The van der Waals surface area contributed by atoms with E-state index in [1.165, 1.54) is 17.7 Å². The van der Waals surface area contributed by atoms with Crippen LogP contribution in [-0.4, -0.2) is 17.5 Å². The van der Waals surface area contributed by atoms with Crippen LogP contribution in [0.4, 0.5) is 0 Å². The van der Waals surface area contributed by atoms with Crippen LogP contribution >= 0.6 is 0 Å². The summed E-state index contributed by atoms with van der Waals surface area (Å²) in [7, 11) is 1.53. The standard InChI is InChI=1S/C12H12N2O3/c1-13-12(16)10-6-5-9(17-10)8-14-7-3-2-4-11(14)15/h2-7H,8H2,1H3,(H,13,16).